The third kappa shape index (κ3) is 4.77. The molecule has 1 atom stereocenters. The third-order valence-corrected chi connectivity index (χ3v) is 2.38. The van der Waals surface area contributed by atoms with Crippen molar-refractivity contribution in [2.24, 2.45) is 0 Å². The SMILES string of the molecule is CCCCCC=CCC(O)(C(=O)O)C(F)(F)F. The lowest BCUT2D eigenvalue weighted by Gasteiger charge is -2.24. The lowest BCUT2D eigenvalue weighted by atomic mass is 9.98. The van der Waals surface area contributed by atoms with Crippen LogP contribution in [0, 0.1) is 0 Å². The van der Waals surface area contributed by atoms with Gasteiger partial charge in [-0.05, 0) is 12.8 Å². The van der Waals surface area contributed by atoms with Gasteiger partial charge in [0.2, 0.25) is 0 Å². The molecule has 0 aliphatic rings. The van der Waals surface area contributed by atoms with Gasteiger partial charge in [-0.2, -0.15) is 13.2 Å². The molecule has 3 nitrogen and oxygen atoms in total. The van der Waals surface area contributed by atoms with Crippen LogP contribution in [0.1, 0.15) is 39.0 Å². The molecule has 0 spiro atoms. The van der Waals surface area contributed by atoms with Crippen molar-refractivity contribution in [3.8, 4) is 0 Å². The van der Waals surface area contributed by atoms with Gasteiger partial charge in [-0.3, -0.25) is 0 Å². The zero-order valence-corrected chi connectivity index (χ0v) is 9.63. The van der Waals surface area contributed by atoms with Crippen LogP contribution in [0.4, 0.5) is 13.2 Å². The number of carboxylic acids is 1. The van der Waals surface area contributed by atoms with Crippen molar-refractivity contribution in [2.45, 2.75) is 50.8 Å². The van der Waals surface area contributed by atoms with E-state index in [0.29, 0.717) is 6.42 Å². The summed E-state index contributed by atoms with van der Waals surface area (Å²) in [6, 6.07) is 0. The summed E-state index contributed by atoms with van der Waals surface area (Å²) in [4.78, 5) is 10.4. The van der Waals surface area contributed by atoms with Crippen LogP contribution in [0.25, 0.3) is 0 Å². The second-order valence-corrected chi connectivity index (χ2v) is 3.83. The molecular formula is C11H17F3O3. The molecule has 0 aromatic carbocycles. The van der Waals surface area contributed by atoms with Gasteiger partial charge in [0.1, 0.15) is 0 Å². The smallest absolute Gasteiger partial charge is 0.428 e. The fourth-order valence-electron chi connectivity index (χ4n) is 1.21. The normalized spacial score (nSPS) is 16.1. The van der Waals surface area contributed by atoms with Gasteiger partial charge in [-0.15, -0.1) is 0 Å². The van der Waals surface area contributed by atoms with Crippen LogP contribution in [0.5, 0.6) is 0 Å². The summed E-state index contributed by atoms with van der Waals surface area (Å²) in [6.45, 7) is 2.00. The first-order valence-electron chi connectivity index (χ1n) is 5.43. The fraction of sp³-hybridized carbons (Fsp3) is 0.727. The zero-order valence-electron chi connectivity index (χ0n) is 9.63. The topological polar surface area (TPSA) is 57.5 Å². The fourth-order valence-corrected chi connectivity index (χ4v) is 1.21. The van der Waals surface area contributed by atoms with E-state index in [2.05, 4.69) is 0 Å². The maximum absolute atomic E-state index is 12.3. The van der Waals surface area contributed by atoms with E-state index in [-0.39, 0.29) is 0 Å². The van der Waals surface area contributed by atoms with Crippen molar-refractivity contribution >= 4 is 5.97 Å². The molecule has 17 heavy (non-hydrogen) atoms. The Morgan fingerprint density at radius 3 is 2.24 bits per heavy atom. The number of halogens is 3. The molecule has 0 heterocycles. The molecule has 6 heteroatoms. The summed E-state index contributed by atoms with van der Waals surface area (Å²) in [5.74, 6) is -2.27. The number of carboxylic acid groups (broad SMARTS) is 1. The third-order valence-electron chi connectivity index (χ3n) is 2.38. The van der Waals surface area contributed by atoms with Gasteiger partial charge in [0.15, 0.2) is 0 Å². The Bertz CT molecular complexity index is 274. The number of aliphatic hydroxyl groups is 1. The molecule has 0 aliphatic carbocycles. The highest BCUT2D eigenvalue weighted by molar-refractivity contribution is 5.78. The van der Waals surface area contributed by atoms with Gasteiger partial charge in [-0.1, -0.05) is 31.9 Å². The van der Waals surface area contributed by atoms with E-state index in [0.717, 1.165) is 25.3 Å². The van der Waals surface area contributed by atoms with E-state index in [1.807, 2.05) is 6.92 Å². The van der Waals surface area contributed by atoms with Crippen LogP contribution < -0.4 is 0 Å². The highest BCUT2D eigenvalue weighted by Crippen LogP contribution is 2.33. The van der Waals surface area contributed by atoms with Crippen molar-refractivity contribution in [1.82, 2.24) is 0 Å². The lowest BCUT2D eigenvalue weighted by Crippen LogP contribution is -2.51. The van der Waals surface area contributed by atoms with Crippen molar-refractivity contribution in [3.63, 3.8) is 0 Å². The van der Waals surface area contributed by atoms with E-state index >= 15 is 0 Å². The number of allylic oxidation sites excluding steroid dienone is 1. The van der Waals surface area contributed by atoms with E-state index in [4.69, 9.17) is 10.2 Å². The molecule has 0 amide bonds. The highest BCUT2D eigenvalue weighted by Gasteiger charge is 2.59. The predicted molar refractivity (Wildman–Crippen MR) is 56.5 cm³/mol. The predicted octanol–water partition coefficient (Wildman–Crippen LogP) is 2.89. The first-order valence-corrected chi connectivity index (χ1v) is 5.43. The number of alkyl halides is 3. The van der Waals surface area contributed by atoms with Crippen LogP contribution in [0.15, 0.2) is 12.2 Å². The molecule has 1 unspecified atom stereocenters. The van der Waals surface area contributed by atoms with Gasteiger partial charge < -0.3 is 10.2 Å². The summed E-state index contributed by atoms with van der Waals surface area (Å²) >= 11 is 0. The maximum atomic E-state index is 12.3. The number of unbranched alkanes of at least 4 members (excludes halogenated alkanes) is 3. The molecule has 0 aromatic heterocycles. The Hall–Kier alpha value is -1.04. The summed E-state index contributed by atoms with van der Waals surface area (Å²) in [7, 11) is 0. The molecule has 0 radical (unpaired) electrons. The molecule has 0 rings (SSSR count). The Morgan fingerprint density at radius 2 is 1.82 bits per heavy atom. The zero-order chi connectivity index (χ0) is 13.5. The van der Waals surface area contributed by atoms with Crippen LogP contribution in [-0.2, 0) is 4.79 Å². The largest absolute Gasteiger partial charge is 0.479 e. The van der Waals surface area contributed by atoms with Crippen molar-refractivity contribution < 1.29 is 28.2 Å². The number of rotatable bonds is 7. The van der Waals surface area contributed by atoms with E-state index in [1.54, 1.807) is 0 Å². The monoisotopic (exact) mass is 254 g/mol. The van der Waals surface area contributed by atoms with Gasteiger partial charge in [0, 0.05) is 6.42 Å². The number of hydrogen-bond acceptors (Lipinski definition) is 2. The van der Waals surface area contributed by atoms with Crippen LogP contribution in [0.3, 0.4) is 0 Å². The first-order chi connectivity index (χ1) is 7.75. The molecule has 0 aromatic rings. The number of aliphatic carboxylic acids is 1. The lowest BCUT2D eigenvalue weighted by molar-refractivity contribution is -0.258. The summed E-state index contributed by atoms with van der Waals surface area (Å²) in [5, 5.41) is 17.5. The average molecular weight is 254 g/mol. The number of hydrogen-bond donors (Lipinski definition) is 2. The minimum atomic E-state index is -5.17. The van der Waals surface area contributed by atoms with Gasteiger partial charge >= 0.3 is 12.1 Å². The minimum Gasteiger partial charge on any atom is -0.479 e. The van der Waals surface area contributed by atoms with Gasteiger partial charge in [0.05, 0.1) is 0 Å². The Morgan fingerprint density at radius 1 is 1.24 bits per heavy atom. The average Bonchev–Trinajstić information content (AvgIpc) is 2.20. The molecule has 2 N–H and O–H groups in total. The van der Waals surface area contributed by atoms with E-state index < -0.39 is 24.2 Å². The molecule has 0 saturated heterocycles. The van der Waals surface area contributed by atoms with Crippen molar-refractivity contribution in [1.29, 1.82) is 0 Å². The number of carbonyl (C=O) groups is 1. The van der Waals surface area contributed by atoms with Crippen molar-refractivity contribution in [3.05, 3.63) is 12.2 Å². The van der Waals surface area contributed by atoms with E-state index in [1.165, 1.54) is 6.08 Å². The maximum Gasteiger partial charge on any atom is 0.428 e. The Kier molecular flexibility index (Phi) is 6.23. The molecular weight excluding hydrogens is 237 g/mol. The summed E-state index contributed by atoms with van der Waals surface area (Å²) < 4.78 is 37.0. The molecule has 0 aliphatic heterocycles. The molecule has 0 saturated carbocycles. The second kappa shape index (κ2) is 6.64. The molecule has 0 bridgehead atoms. The van der Waals surface area contributed by atoms with Gasteiger partial charge in [0.25, 0.3) is 5.60 Å². The first kappa shape index (κ1) is 16.0. The molecule has 100 valence electrons. The molecule has 0 fully saturated rings. The Balaban J connectivity index is 4.34. The Labute approximate surface area is 97.9 Å². The second-order valence-electron chi connectivity index (χ2n) is 3.83. The van der Waals surface area contributed by atoms with Gasteiger partial charge in [-0.25, -0.2) is 4.79 Å². The van der Waals surface area contributed by atoms with Crippen LogP contribution in [-0.4, -0.2) is 28.0 Å². The quantitative estimate of drug-likeness (QED) is 0.542. The van der Waals surface area contributed by atoms with Crippen molar-refractivity contribution in [2.75, 3.05) is 0 Å². The van der Waals surface area contributed by atoms with Crippen LogP contribution in [0.2, 0.25) is 0 Å². The summed E-state index contributed by atoms with van der Waals surface area (Å²) in [6.07, 6.45) is -0.217. The minimum absolute atomic E-state index is 0.585. The highest BCUT2D eigenvalue weighted by atomic mass is 19.4. The standard InChI is InChI=1S/C11H17F3O3/c1-2-3-4-5-6-7-8-10(17,9(15)16)11(12,13)14/h6-7,17H,2-5,8H2,1H3,(H,15,16). The van der Waals surface area contributed by atoms with E-state index in [9.17, 15) is 18.0 Å². The summed E-state index contributed by atoms with van der Waals surface area (Å²) in [5.41, 5.74) is -3.69. The van der Waals surface area contributed by atoms with Crippen LogP contribution >= 0.6 is 0 Å².